The number of rotatable bonds is 9. The number of anilines is 1. The van der Waals surface area contributed by atoms with Crippen molar-refractivity contribution in [1.82, 2.24) is 5.48 Å². The number of carbonyl (C=O) groups excluding carboxylic acids is 1. The number of aliphatic hydroxyl groups is 1. The Morgan fingerprint density at radius 3 is 2.33 bits per heavy atom. The first-order valence-corrected chi connectivity index (χ1v) is 11.4. The van der Waals surface area contributed by atoms with Crippen LogP contribution in [0.15, 0.2) is 70.5 Å². The summed E-state index contributed by atoms with van der Waals surface area (Å²) in [6.07, 6.45) is 0.164. The Labute approximate surface area is 191 Å². The number of hydrogen-bond donors (Lipinski definition) is 4. The highest BCUT2D eigenvalue weighted by atomic mass is 32.2. The lowest BCUT2D eigenvalue weighted by atomic mass is 9.97. The van der Waals surface area contributed by atoms with Gasteiger partial charge in [-0.15, -0.1) is 0 Å². The molecule has 0 aliphatic carbocycles. The van der Waals surface area contributed by atoms with Gasteiger partial charge >= 0.3 is 0 Å². The van der Waals surface area contributed by atoms with Gasteiger partial charge in [0.1, 0.15) is 18.1 Å². The second-order valence-corrected chi connectivity index (χ2v) is 8.92. The van der Waals surface area contributed by atoms with Gasteiger partial charge in [-0.3, -0.25) is 10.0 Å². The largest absolute Gasteiger partial charge is 0.497 e. The Balaban J connectivity index is 2.25. The van der Waals surface area contributed by atoms with Crippen molar-refractivity contribution in [3.63, 3.8) is 0 Å². The second kappa shape index (κ2) is 10.3. The molecule has 0 aliphatic heterocycles. The predicted molar refractivity (Wildman–Crippen MR) is 120 cm³/mol. The van der Waals surface area contributed by atoms with Crippen molar-refractivity contribution in [2.75, 3.05) is 26.1 Å². The molecule has 0 atom stereocenters. The highest BCUT2D eigenvalue weighted by molar-refractivity contribution is 7.91. The number of methoxy groups -OCH3 is 1. The minimum absolute atomic E-state index is 0.0545. The SMILES string of the molecule is COc1ccc(S(=O)(=O)c2cc(C(=O)NO)c(Cc3ccccc3)c(OCCO)c2N)cc1. The van der Waals surface area contributed by atoms with E-state index in [0.717, 1.165) is 11.6 Å². The lowest BCUT2D eigenvalue weighted by Crippen LogP contribution is -2.23. The summed E-state index contributed by atoms with van der Waals surface area (Å²) in [6, 6.07) is 15.9. The Kier molecular flexibility index (Phi) is 7.54. The molecule has 0 aromatic heterocycles. The summed E-state index contributed by atoms with van der Waals surface area (Å²) in [6.45, 7) is -0.542. The topological polar surface area (TPSA) is 148 Å². The molecule has 5 N–H and O–H groups in total. The van der Waals surface area contributed by atoms with Crippen molar-refractivity contribution < 1.29 is 33.0 Å². The van der Waals surface area contributed by atoms with Crippen LogP contribution in [0.2, 0.25) is 0 Å². The van der Waals surface area contributed by atoms with Crippen LogP contribution in [0, 0.1) is 0 Å². The van der Waals surface area contributed by atoms with Gasteiger partial charge in [-0.2, -0.15) is 0 Å². The standard InChI is InChI=1S/C23H24N2O7S/c1-31-16-7-9-17(10-8-16)33(29,30)20-14-19(23(27)25-28)18(13-15-5-3-2-4-6-15)22(21(20)24)32-12-11-26/h2-10,14,26,28H,11-13,24H2,1H3,(H,25,27). The quantitative estimate of drug-likeness (QED) is 0.210. The molecule has 0 saturated heterocycles. The summed E-state index contributed by atoms with van der Waals surface area (Å²) >= 11 is 0. The maximum atomic E-state index is 13.4. The molecule has 0 spiro atoms. The summed E-state index contributed by atoms with van der Waals surface area (Å²) in [7, 11) is -2.72. The lowest BCUT2D eigenvalue weighted by molar-refractivity contribution is 0.0704. The van der Waals surface area contributed by atoms with E-state index in [9.17, 15) is 23.5 Å². The first kappa shape index (κ1) is 24.1. The third-order valence-corrected chi connectivity index (χ3v) is 6.76. The molecule has 3 rings (SSSR count). The molecule has 0 fully saturated rings. The molecular weight excluding hydrogens is 448 g/mol. The number of aliphatic hydroxyl groups excluding tert-OH is 1. The Morgan fingerprint density at radius 1 is 1.09 bits per heavy atom. The van der Waals surface area contributed by atoms with Crippen molar-refractivity contribution in [2.45, 2.75) is 16.2 Å². The van der Waals surface area contributed by atoms with Crippen molar-refractivity contribution in [1.29, 1.82) is 0 Å². The van der Waals surface area contributed by atoms with Crippen LogP contribution in [-0.2, 0) is 16.3 Å². The Morgan fingerprint density at radius 2 is 1.76 bits per heavy atom. The number of sulfone groups is 1. The average molecular weight is 473 g/mol. The molecule has 0 heterocycles. The smallest absolute Gasteiger partial charge is 0.275 e. The number of ether oxygens (including phenoxy) is 2. The van der Waals surface area contributed by atoms with Crippen LogP contribution >= 0.6 is 0 Å². The van der Waals surface area contributed by atoms with Gasteiger partial charge in [-0.1, -0.05) is 30.3 Å². The summed E-state index contributed by atoms with van der Waals surface area (Å²) in [5.41, 5.74) is 8.54. The molecule has 9 nitrogen and oxygen atoms in total. The van der Waals surface area contributed by atoms with Crippen molar-refractivity contribution in [3.8, 4) is 11.5 Å². The first-order chi connectivity index (χ1) is 15.8. The van der Waals surface area contributed by atoms with E-state index in [4.69, 9.17) is 15.2 Å². The monoisotopic (exact) mass is 472 g/mol. The summed E-state index contributed by atoms with van der Waals surface area (Å²) in [5, 5.41) is 18.6. The van der Waals surface area contributed by atoms with Gasteiger partial charge in [0.05, 0.1) is 34.8 Å². The fraction of sp³-hybridized carbons (Fsp3) is 0.174. The molecule has 10 heteroatoms. The van der Waals surface area contributed by atoms with Crippen LogP contribution in [0.25, 0.3) is 0 Å². The van der Waals surface area contributed by atoms with Gasteiger partial charge in [0.25, 0.3) is 5.91 Å². The van der Waals surface area contributed by atoms with E-state index in [1.165, 1.54) is 31.4 Å². The number of hydroxylamine groups is 1. The summed E-state index contributed by atoms with van der Waals surface area (Å²) < 4.78 is 37.5. The van der Waals surface area contributed by atoms with Crippen LogP contribution in [0.5, 0.6) is 11.5 Å². The maximum Gasteiger partial charge on any atom is 0.275 e. The molecule has 1 amide bonds. The number of hydrogen-bond acceptors (Lipinski definition) is 8. The van der Waals surface area contributed by atoms with Crippen LogP contribution in [0.4, 0.5) is 5.69 Å². The average Bonchev–Trinajstić information content (AvgIpc) is 2.84. The van der Waals surface area contributed by atoms with E-state index in [0.29, 0.717) is 5.75 Å². The van der Waals surface area contributed by atoms with Gasteiger partial charge in [0, 0.05) is 12.0 Å². The molecule has 0 radical (unpaired) electrons. The molecule has 0 bridgehead atoms. The van der Waals surface area contributed by atoms with Crippen LogP contribution < -0.4 is 20.7 Å². The van der Waals surface area contributed by atoms with Crippen LogP contribution in [0.1, 0.15) is 21.5 Å². The normalized spacial score (nSPS) is 11.1. The predicted octanol–water partition coefficient (Wildman–Crippen LogP) is 2.19. The molecule has 0 unspecified atom stereocenters. The van der Waals surface area contributed by atoms with Crippen LogP contribution in [0.3, 0.4) is 0 Å². The van der Waals surface area contributed by atoms with Crippen LogP contribution in [-0.4, -0.2) is 45.0 Å². The second-order valence-electron chi connectivity index (χ2n) is 7.00. The van der Waals surface area contributed by atoms with E-state index in [1.807, 2.05) is 18.2 Å². The highest BCUT2D eigenvalue weighted by Gasteiger charge is 2.29. The summed E-state index contributed by atoms with van der Waals surface area (Å²) in [5.74, 6) is -0.519. The lowest BCUT2D eigenvalue weighted by Gasteiger charge is -2.20. The molecule has 174 valence electrons. The number of nitrogens with two attached hydrogens (primary N) is 1. The zero-order chi connectivity index (χ0) is 24.0. The first-order valence-electron chi connectivity index (χ1n) is 9.90. The highest BCUT2D eigenvalue weighted by Crippen LogP contribution is 2.39. The maximum absolute atomic E-state index is 13.4. The van der Waals surface area contributed by atoms with Crippen molar-refractivity contribution in [3.05, 3.63) is 77.4 Å². The third-order valence-electron chi connectivity index (χ3n) is 4.95. The zero-order valence-electron chi connectivity index (χ0n) is 17.8. The van der Waals surface area contributed by atoms with E-state index >= 15 is 0 Å². The van der Waals surface area contributed by atoms with Crippen molar-refractivity contribution in [2.24, 2.45) is 0 Å². The molecule has 33 heavy (non-hydrogen) atoms. The van der Waals surface area contributed by atoms with E-state index in [1.54, 1.807) is 17.6 Å². The molecule has 0 saturated carbocycles. The van der Waals surface area contributed by atoms with Crippen molar-refractivity contribution >= 4 is 21.4 Å². The van der Waals surface area contributed by atoms with Gasteiger partial charge in [-0.25, -0.2) is 13.9 Å². The number of nitrogens with one attached hydrogen (secondary N) is 1. The number of amides is 1. The van der Waals surface area contributed by atoms with E-state index in [2.05, 4.69) is 0 Å². The number of nitrogen functional groups attached to an aromatic ring is 1. The number of carbonyl (C=O) groups is 1. The van der Waals surface area contributed by atoms with Gasteiger partial charge < -0.3 is 20.3 Å². The van der Waals surface area contributed by atoms with Gasteiger partial charge in [0.2, 0.25) is 9.84 Å². The Hall–Kier alpha value is -3.60. The minimum Gasteiger partial charge on any atom is -0.497 e. The molecule has 3 aromatic carbocycles. The fourth-order valence-electron chi connectivity index (χ4n) is 3.35. The third kappa shape index (κ3) is 5.08. The molecule has 3 aromatic rings. The van der Waals surface area contributed by atoms with E-state index < -0.39 is 15.7 Å². The molecule has 0 aliphatic rings. The summed E-state index contributed by atoms with van der Waals surface area (Å²) in [4.78, 5) is 12.1. The molecular formula is C23H24N2O7S. The van der Waals surface area contributed by atoms with Gasteiger partial charge in [-0.05, 0) is 35.9 Å². The zero-order valence-corrected chi connectivity index (χ0v) is 18.6. The fourth-order valence-corrected chi connectivity index (χ4v) is 4.75. The van der Waals surface area contributed by atoms with E-state index in [-0.39, 0.29) is 52.0 Å². The Bertz CT molecular complexity index is 1230. The van der Waals surface area contributed by atoms with Gasteiger partial charge in [0.15, 0.2) is 0 Å². The minimum atomic E-state index is -4.18. The number of benzene rings is 3.